The average molecular weight is 453 g/mol. The Hall–Kier alpha value is -2.74. The molecule has 2 heteroatoms. The molecule has 178 valence electrons. The molecule has 0 bridgehead atoms. The summed E-state index contributed by atoms with van der Waals surface area (Å²) < 4.78 is 0. The van der Waals surface area contributed by atoms with Crippen LogP contribution in [-0.2, 0) is 0 Å². The maximum Gasteiger partial charge on any atom is 0.0209 e. The molecule has 0 radical (unpaired) electrons. The second kappa shape index (κ2) is 12.6. The lowest BCUT2D eigenvalue weighted by Gasteiger charge is -2.36. The van der Waals surface area contributed by atoms with Gasteiger partial charge in [-0.15, -0.1) is 0 Å². The maximum atomic E-state index is 7.72. The molecule has 0 saturated heterocycles. The smallest absolute Gasteiger partial charge is 0.0209 e. The van der Waals surface area contributed by atoms with Gasteiger partial charge in [0.1, 0.15) is 0 Å². The molecule has 0 spiro atoms. The molecule has 0 saturated carbocycles. The molecule has 4 rings (SSSR count). The van der Waals surface area contributed by atoms with Crippen LogP contribution in [0.15, 0.2) is 95.2 Å². The van der Waals surface area contributed by atoms with Gasteiger partial charge in [-0.2, -0.15) is 0 Å². The number of hydrogen-bond acceptors (Lipinski definition) is 2. The summed E-state index contributed by atoms with van der Waals surface area (Å²) in [6, 6.07) is 0. The van der Waals surface area contributed by atoms with Gasteiger partial charge in [0, 0.05) is 12.1 Å². The van der Waals surface area contributed by atoms with Crippen LogP contribution in [0.25, 0.3) is 0 Å². The highest BCUT2D eigenvalue weighted by atomic mass is 14.4. The van der Waals surface area contributed by atoms with E-state index in [9.17, 15) is 0 Å². The van der Waals surface area contributed by atoms with E-state index in [1.165, 1.54) is 51.0 Å². The number of allylic oxidation sites excluding steroid dienone is 16. The van der Waals surface area contributed by atoms with E-state index in [-0.39, 0.29) is 0 Å². The lowest BCUT2D eigenvalue weighted by atomic mass is 9.68. The minimum absolute atomic E-state index is 0.478. The Morgan fingerprint density at radius 3 is 2.59 bits per heavy atom. The standard InChI is InChI=1S/C32H40N2/c33-23-8-2-3-10-25(24-34)11-9-14-28-21-22-31(32-16-7-6-15-30(28)32)29-19-17-27(18-20-29)26-12-4-1-5-13-26/h1,4,6-7,9,11-12,14-17,19,23-24,27-30,33-34H,2-3,5,8,10,13,18,20-22H2/b14-9+,25-11-,33-23?,34-24?. The van der Waals surface area contributed by atoms with Crippen molar-refractivity contribution in [2.24, 2.45) is 23.7 Å². The van der Waals surface area contributed by atoms with Crippen LogP contribution in [0.5, 0.6) is 0 Å². The van der Waals surface area contributed by atoms with Crippen molar-refractivity contribution in [1.82, 2.24) is 0 Å². The van der Waals surface area contributed by atoms with E-state index in [1.807, 2.05) is 0 Å². The highest BCUT2D eigenvalue weighted by Gasteiger charge is 2.31. The first-order chi connectivity index (χ1) is 16.8. The van der Waals surface area contributed by atoms with Gasteiger partial charge in [0.25, 0.3) is 0 Å². The summed E-state index contributed by atoms with van der Waals surface area (Å²) in [7, 11) is 0. The van der Waals surface area contributed by atoms with E-state index < -0.39 is 0 Å². The highest BCUT2D eigenvalue weighted by Crippen LogP contribution is 2.44. The second-order valence-electron chi connectivity index (χ2n) is 10.1. The molecule has 0 aromatic carbocycles. The first kappa shape index (κ1) is 24.4. The molecule has 4 atom stereocenters. The van der Waals surface area contributed by atoms with Crippen molar-refractivity contribution >= 4 is 12.4 Å². The molecule has 34 heavy (non-hydrogen) atoms. The molecule has 2 N–H and O–H groups in total. The van der Waals surface area contributed by atoms with Crippen LogP contribution in [0.4, 0.5) is 0 Å². The fraction of sp³-hybridized carbons (Fsp3) is 0.438. The molecular formula is C32H40N2. The summed E-state index contributed by atoms with van der Waals surface area (Å²) in [6.45, 7) is 0. The zero-order valence-corrected chi connectivity index (χ0v) is 20.5. The minimum atomic E-state index is 0.478. The van der Waals surface area contributed by atoms with Crippen molar-refractivity contribution < 1.29 is 0 Å². The summed E-state index contributed by atoms with van der Waals surface area (Å²) in [5.74, 6) is 2.25. The van der Waals surface area contributed by atoms with Crippen molar-refractivity contribution in [3.8, 4) is 0 Å². The first-order valence-corrected chi connectivity index (χ1v) is 13.3. The molecule has 0 aromatic heterocycles. The SMILES string of the molecule is N=CCCCC/C(C=N)=C/C=C/C1CCC(C2C=CC(C3=CC=CCC3)CC2)=C2C=CC=CC21. The average Bonchev–Trinajstić information content (AvgIpc) is 2.90. The largest absolute Gasteiger partial charge is 0.313 e. The van der Waals surface area contributed by atoms with Gasteiger partial charge in [-0.1, -0.05) is 84.1 Å². The topological polar surface area (TPSA) is 47.7 Å². The van der Waals surface area contributed by atoms with Crippen molar-refractivity contribution in [2.45, 2.75) is 64.2 Å². The minimum Gasteiger partial charge on any atom is -0.313 e. The highest BCUT2D eigenvalue weighted by molar-refractivity contribution is 5.76. The number of nitrogens with one attached hydrogen (secondary N) is 2. The Morgan fingerprint density at radius 1 is 0.941 bits per heavy atom. The molecule has 4 aliphatic carbocycles. The molecule has 4 unspecified atom stereocenters. The summed E-state index contributed by atoms with van der Waals surface area (Å²) >= 11 is 0. The fourth-order valence-electron chi connectivity index (χ4n) is 5.96. The lowest BCUT2D eigenvalue weighted by Crippen LogP contribution is -2.24. The Morgan fingerprint density at radius 2 is 1.82 bits per heavy atom. The van der Waals surface area contributed by atoms with Gasteiger partial charge < -0.3 is 10.8 Å². The summed E-state index contributed by atoms with van der Waals surface area (Å²) in [6.07, 6.45) is 42.0. The Bertz CT molecular complexity index is 978. The molecule has 0 aromatic rings. The van der Waals surface area contributed by atoms with E-state index in [1.54, 1.807) is 16.7 Å². The van der Waals surface area contributed by atoms with Gasteiger partial charge in [0.15, 0.2) is 0 Å². The maximum absolute atomic E-state index is 7.72. The zero-order chi connectivity index (χ0) is 23.6. The van der Waals surface area contributed by atoms with Crippen LogP contribution in [0.2, 0.25) is 0 Å². The zero-order valence-electron chi connectivity index (χ0n) is 20.5. The number of hydrogen-bond donors (Lipinski definition) is 2. The van der Waals surface area contributed by atoms with Crippen molar-refractivity contribution in [3.05, 3.63) is 95.2 Å². The van der Waals surface area contributed by atoms with Gasteiger partial charge in [-0.3, -0.25) is 0 Å². The van der Waals surface area contributed by atoms with Crippen LogP contribution < -0.4 is 0 Å². The molecule has 0 fully saturated rings. The fourth-order valence-corrected chi connectivity index (χ4v) is 5.96. The van der Waals surface area contributed by atoms with Gasteiger partial charge in [-0.25, -0.2) is 0 Å². The lowest BCUT2D eigenvalue weighted by molar-refractivity contribution is 0.427. The van der Waals surface area contributed by atoms with Crippen LogP contribution in [-0.4, -0.2) is 12.4 Å². The third-order valence-electron chi connectivity index (χ3n) is 7.90. The van der Waals surface area contributed by atoms with E-state index in [2.05, 4.69) is 72.9 Å². The van der Waals surface area contributed by atoms with Crippen LogP contribution in [0.1, 0.15) is 64.2 Å². The molecule has 2 nitrogen and oxygen atoms in total. The predicted molar refractivity (Wildman–Crippen MR) is 147 cm³/mol. The number of fused-ring (bicyclic) bond motifs is 1. The van der Waals surface area contributed by atoms with Crippen molar-refractivity contribution in [1.29, 1.82) is 10.8 Å². The van der Waals surface area contributed by atoms with Gasteiger partial charge in [0.05, 0.1) is 0 Å². The Balaban J connectivity index is 1.42. The quantitative estimate of drug-likeness (QED) is 0.144. The predicted octanol–water partition coefficient (Wildman–Crippen LogP) is 8.64. The summed E-state index contributed by atoms with van der Waals surface area (Å²) in [5, 5.41) is 14.9. The monoisotopic (exact) mass is 452 g/mol. The van der Waals surface area contributed by atoms with Crippen molar-refractivity contribution in [3.63, 3.8) is 0 Å². The molecule has 0 heterocycles. The molecule has 4 aliphatic rings. The molecule has 0 aliphatic heterocycles. The first-order valence-electron chi connectivity index (χ1n) is 13.3. The molecule has 0 amide bonds. The third kappa shape index (κ3) is 6.23. The third-order valence-corrected chi connectivity index (χ3v) is 7.90. The molecular weight excluding hydrogens is 412 g/mol. The second-order valence-corrected chi connectivity index (χ2v) is 10.1. The van der Waals surface area contributed by atoms with Crippen molar-refractivity contribution in [2.75, 3.05) is 0 Å². The van der Waals surface area contributed by atoms with Crippen LogP contribution >= 0.6 is 0 Å². The van der Waals surface area contributed by atoms with Gasteiger partial charge >= 0.3 is 0 Å². The normalized spacial score (nSPS) is 28.8. The Labute approximate surface area is 206 Å². The number of rotatable bonds is 10. The van der Waals surface area contributed by atoms with E-state index in [0.29, 0.717) is 23.7 Å². The van der Waals surface area contributed by atoms with Crippen LogP contribution in [0, 0.1) is 34.5 Å². The Kier molecular flexibility index (Phi) is 9.07. The van der Waals surface area contributed by atoms with E-state index in [0.717, 1.165) is 31.3 Å². The van der Waals surface area contributed by atoms with E-state index >= 15 is 0 Å². The van der Waals surface area contributed by atoms with E-state index in [4.69, 9.17) is 10.8 Å². The summed E-state index contributed by atoms with van der Waals surface area (Å²) in [5.41, 5.74) is 5.93. The van der Waals surface area contributed by atoms with Gasteiger partial charge in [0.2, 0.25) is 0 Å². The summed E-state index contributed by atoms with van der Waals surface area (Å²) in [4.78, 5) is 0. The van der Waals surface area contributed by atoms with Crippen LogP contribution in [0.3, 0.4) is 0 Å². The number of unbranched alkanes of at least 4 members (excludes halogenated alkanes) is 2. The van der Waals surface area contributed by atoms with Gasteiger partial charge in [-0.05, 0) is 99.3 Å².